The van der Waals surface area contributed by atoms with Crippen LogP contribution in [0.1, 0.15) is 18.4 Å². The van der Waals surface area contributed by atoms with E-state index in [1.54, 1.807) is 0 Å². The van der Waals surface area contributed by atoms with Crippen LogP contribution >= 0.6 is 0 Å². The fourth-order valence-electron chi connectivity index (χ4n) is 2.35. The Bertz CT molecular complexity index is 488. The summed E-state index contributed by atoms with van der Waals surface area (Å²) >= 11 is 0. The van der Waals surface area contributed by atoms with Crippen molar-refractivity contribution in [3.63, 3.8) is 0 Å². The molecular weight excluding hydrogens is 256 g/mol. The van der Waals surface area contributed by atoms with Crippen LogP contribution in [-0.2, 0) is 11.3 Å². The predicted octanol–water partition coefficient (Wildman–Crippen LogP) is 2.49. The summed E-state index contributed by atoms with van der Waals surface area (Å²) in [7, 11) is 0. The van der Waals surface area contributed by atoms with E-state index in [-0.39, 0.29) is 0 Å². The highest BCUT2D eigenvalue weighted by Gasteiger charge is 2.36. The lowest BCUT2D eigenvalue weighted by Crippen LogP contribution is -2.43. The Labute approximate surface area is 118 Å². The molecule has 1 N–H and O–H groups in total. The molecule has 0 bridgehead atoms. The van der Waals surface area contributed by atoms with Crippen molar-refractivity contribution >= 4 is 6.09 Å². The molecule has 5 heteroatoms. The van der Waals surface area contributed by atoms with Gasteiger partial charge >= 0.3 is 6.09 Å². The van der Waals surface area contributed by atoms with Crippen LogP contribution in [0.5, 0.6) is 0 Å². The molecule has 5 nitrogen and oxygen atoms in total. The SMILES string of the molecule is N#CC1(COCc2ccccc2)CCN(C(=O)O)CC1. The Morgan fingerprint density at radius 3 is 2.55 bits per heavy atom. The molecule has 0 spiro atoms. The number of hydrogen-bond donors (Lipinski definition) is 1. The summed E-state index contributed by atoms with van der Waals surface area (Å²) in [5.74, 6) is 0. The number of benzene rings is 1. The van der Waals surface area contributed by atoms with Gasteiger partial charge in [0, 0.05) is 13.1 Å². The summed E-state index contributed by atoms with van der Waals surface area (Å²) in [6.07, 6.45) is 0.150. The maximum atomic E-state index is 10.9. The number of rotatable bonds is 4. The minimum Gasteiger partial charge on any atom is -0.465 e. The number of nitriles is 1. The van der Waals surface area contributed by atoms with Gasteiger partial charge in [0.05, 0.1) is 24.7 Å². The van der Waals surface area contributed by atoms with E-state index < -0.39 is 11.5 Å². The van der Waals surface area contributed by atoms with E-state index in [1.807, 2.05) is 30.3 Å². The number of hydrogen-bond acceptors (Lipinski definition) is 3. The molecule has 1 aliphatic rings. The van der Waals surface area contributed by atoms with Crippen LogP contribution in [0, 0.1) is 16.7 Å². The lowest BCUT2D eigenvalue weighted by Gasteiger charge is -2.35. The number of piperidine rings is 1. The van der Waals surface area contributed by atoms with Crippen LogP contribution in [0.15, 0.2) is 30.3 Å². The van der Waals surface area contributed by atoms with Crippen molar-refractivity contribution in [3.8, 4) is 6.07 Å². The Hall–Kier alpha value is -2.06. The lowest BCUT2D eigenvalue weighted by molar-refractivity contribution is 0.0256. The molecule has 2 rings (SSSR count). The van der Waals surface area contributed by atoms with E-state index >= 15 is 0 Å². The average Bonchev–Trinajstić information content (AvgIpc) is 2.49. The molecule has 1 fully saturated rings. The number of amides is 1. The Kier molecular flexibility index (Phi) is 4.59. The highest BCUT2D eigenvalue weighted by Crippen LogP contribution is 2.31. The molecule has 20 heavy (non-hydrogen) atoms. The topological polar surface area (TPSA) is 73.6 Å². The summed E-state index contributed by atoms with van der Waals surface area (Å²) < 4.78 is 5.66. The normalized spacial score (nSPS) is 17.4. The third kappa shape index (κ3) is 3.49. The summed E-state index contributed by atoms with van der Waals surface area (Å²) in [5, 5.41) is 18.3. The Morgan fingerprint density at radius 2 is 2.00 bits per heavy atom. The van der Waals surface area contributed by atoms with Gasteiger partial charge in [0.2, 0.25) is 0 Å². The van der Waals surface area contributed by atoms with Crippen LogP contribution in [0.3, 0.4) is 0 Å². The van der Waals surface area contributed by atoms with Gasteiger partial charge in [-0.25, -0.2) is 4.79 Å². The summed E-state index contributed by atoms with van der Waals surface area (Å²) in [4.78, 5) is 12.2. The van der Waals surface area contributed by atoms with Gasteiger partial charge in [-0.2, -0.15) is 5.26 Å². The van der Waals surface area contributed by atoms with Gasteiger partial charge in [-0.3, -0.25) is 0 Å². The second-order valence-electron chi connectivity index (χ2n) is 5.14. The van der Waals surface area contributed by atoms with Crippen LogP contribution in [0.4, 0.5) is 4.79 Å². The maximum Gasteiger partial charge on any atom is 0.407 e. The van der Waals surface area contributed by atoms with E-state index in [4.69, 9.17) is 9.84 Å². The number of carboxylic acid groups (broad SMARTS) is 1. The van der Waals surface area contributed by atoms with E-state index in [0.29, 0.717) is 39.1 Å². The van der Waals surface area contributed by atoms with Crippen molar-refractivity contribution in [3.05, 3.63) is 35.9 Å². The minimum absolute atomic E-state index is 0.353. The fourth-order valence-corrected chi connectivity index (χ4v) is 2.35. The molecule has 106 valence electrons. The monoisotopic (exact) mass is 274 g/mol. The first-order chi connectivity index (χ1) is 9.65. The molecule has 1 aromatic carbocycles. The molecule has 1 aliphatic heterocycles. The zero-order valence-electron chi connectivity index (χ0n) is 11.3. The zero-order valence-corrected chi connectivity index (χ0v) is 11.3. The highest BCUT2D eigenvalue weighted by atomic mass is 16.5. The standard InChI is InChI=1S/C15H18N2O3/c16-11-15(6-8-17(9-7-15)14(18)19)12-20-10-13-4-2-1-3-5-13/h1-5H,6-10,12H2,(H,18,19). The zero-order chi connectivity index (χ0) is 14.4. The smallest absolute Gasteiger partial charge is 0.407 e. The highest BCUT2D eigenvalue weighted by molar-refractivity contribution is 5.65. The van der Waals surface area contributed by atoms with Gasteiger partial charge in [-0.1, -0.05) is 30.3 Å². The van der Waals surface area contributed by atoms with Crippen molar-refractivity contribution < 1.29 is 14.6 Å². The van der Waals surface area contributed by atoms with Crippen molar-refractivity contribution in [2.24, 2.45) is 5.41 Å². The molecule has 0 unspecified atom stereocenters. The molecule has 1 amide bonds. The second kappa shape index (κ2) is 6.40. The van der Waals surface area contributed by atoms with E-state index in [2.05, 4.69) is 6.07 Å². The van der Waals surface area contributed by atoms with E-state index in [0.717, 1.165) is 5.56 Å². The number of likely N-dealkylation sites (tertiary alicyclic amines) is 1. The third-order valence-corrected chi connectivity index (χ3v) is 3.72. The number of nitrogens with zero attached hydrogens (tertiary/aromatic N) is 2. The molecule has 0 aliphatic carbocycles. The van der Waals surface area contributed by atoms with Crippen LogP contribution in [-0.4, -0.2) is 35.8 Å². The quantitative estimate of drug-likeness (QED) is 0.915. The molecule has 1 aromatic rings. The minimum atomic E-state index is -0.915. The van der Waals surface area contributed by atoms with Gasteiger partial charge in [0.25, 0.3) is 0 Å². The van der Waals surface area contributed by atoms with Crippen molar-refractivity contribution in [2.45, 2.75) is 19.4 Å². The molecule has 1 saturated heterocycles. The first kappa shape index (κ1) is 14.4. The third-order valence-electron chi connectivity index (χ3n) is 3.72. The summed E-state index contributed by atoms with van der Waals surface area (Å²) in [6, 6.07) is 12.1. The first-order valence-electron chi connectivity index (χ1n) is 6.66. The Balaban J connectivity index is 1.84. The summed E-state index contributed by atoms with van der Waals surface area (Å²) in [5.41, 5.74) is 0.518. The van der Waals surface area contributed by atoms with Gasteiger partial charge in [0.15, 0.2) is 0 Å². The lowest BCUT2D eigenvalue weighted by atomic mass is 9.80. The average molecular weight is 274 g/mol. The molecular formula is C15H18N2O3. The van der Waals surface area contributed by atoms with Crippen LogP contribution < -0.4 is 0 Å². The summed E-state index contributed by atoms with van der Waals surface area (Å²) in [6.45, 7) is 1.63. The van der Waals surface area contributed by atoms with Gasteiger partial charge in [0.1, 0.15) is 0 Å². The molecule has 0 saturated carbocycles. The van der Waals surface area contributed by atoms with Crippen molar-refractivity contribution in [2.75, 3.05) is 19.7 Å². The fraction of sp³-hybridized carbons (Fsp3) is 0.467. The van der Waals surface area contributed by atoms with Gasteiger partial charge in [-0.15, -0.1) is 0 Å². The van der Waals surface area contributed by atoms with Crippen molar-refractivity contribution in [1.82, 2.24) is 4.90 Å². The van der Waals surface area contributed by atoms with Crippen molar-refractivity contribution in [1.29, 1.82) is 5.26 Å². The predicted molar refractivity (Wildman–Crippen MR) is 73.0 cm³/mol. The maximum absolute atomic E-state index is 10.9. The van der Waals surface area contributed by atoms with E-state index in [9.17, 15) is 10.1 Å². The second-order valence-corrected chi connectivity index (χ2v) is 5.14. The molecule has 1 heterocycles. The number of carbonyl (C=O) groups is 1. The Morgan fingerprint density at radius 1 is 1.35 bits per heavy atom. The molecule has 0 atom stereocenters. The molecule has 0 aromatic heterocycles. The van der Waals surface area contributed by atoms with Crippen LogP contribution in [0.2, 0.25) is 0 Å². The first-order valence-corrected chi connectivity index (χ1v) is 6.66. The van der Waals surface area contributed by atoms with Gasteiger partial charge in [-0.05, 0) is 18.4 Å². The largest absolute Gasteiger partial charge is 0.465 e. The van der Waals surface area contributed by atoms with E-state index in [1.165, 1.54) is 4.90 Å². The molecule has 0 radical (unpaired) electrons. The van der Waals surface area contributed by atoms with Gasteiger partial charge < -0.3 is 14.7 Å². The number of ether oxygens (including phenoxy) is 1. The van der Waals surface area contributed by atoms with Crippen LogP contribution in [0.25, 0.3) is 0 Å².